The Labute approximate surface area is 75.5 Å². The number of Topliss-reactive ketones (excluding diaryl/α,β-unsaturated/α-hetero) is 1. The van der Waals surface area contributed by atoms with Gasteiger partial charge in [-0.25, -0.2) is 0 Å². The minimum absolute atomic E-state index is 0.426. The lowest BCUT2D eigenvalue weighted by Gasteiger charge is -2.12. The van der Waals surface area contributed by atoms with Crippen molar-refractivity contribution in [2.75, 3.05) is 0 Å². The Kier molecular flexibility index (Phi) is 3.77. The molecule has 1 heteroatoms. The Morgan fingerprint density at radius 2 is 2.08 bits per heavy atom. The van der Waals surface area contributed by atoms with E-state index in [0.29, 0.717) is 11.7 Å². The zero-order chi connectivity index (χ0) is 8.97. The van der Waals surface area contributed by atoms with Crippen molar-refractivity contribution in [3.05, 3.63) is 0 Å². The normalized spacial score (nSPS) is 19.2. The third kappa shape index (κ3) is 2.62. The molecule has 1 unspecified atom stereocenters. The standard InChI is InChI=1S/C11H20O/c1-3-5-6-10(9-7-8-9)11(12)4-2/h9-10H,3-8H2,1-2H3. The third-order valence-corrected chi connectivity index (χ3v) is 2.82. The first kappa shape index (κ1) is 9.76. The molecule has 1 fully saturated rings. The highest BCUT2D eigenvalue weighted by molar-refractivity contribution is 5.81. The van der Waals surface area contributed by atoms with E-state index in [1.807, 2.05) is 6.92 Å². The maximum Gasteiger partial charge on any atom is 0.135 e. The second kappa shape index (κ2) is 4.64. The van der Waals surface area contributed by atoms with Crippen LogP contribution in [-0.4, -0.2) is 5.78 Å². The van der Waals surface area contributed by atoms with Gasteiger partial charge in [-0.1, -0.05) is 26.7 Å². The lowest BCUT2D eigenvalue weighted by atomic mass is 9.91. The molecule has 70 valence electrons. The van der Waals surface area contributed by atoms with Crippen LogP contribution in [0.5, 0.6) is 0 Å². The molecule has 1 atom stereocenters. The highest BCUT2D eigenvalue weighted by Gasteiger charge is 2.34. The number of ketones is 1. The van der Waals surface area contributed by atoms with E-state index in [4.69, 9.17) is 0 Å². The maximum atomic E-state index is 11.5. The molecule has 0 aromatic heterocycles. The van der Waals surface area contributed by atoms with Crippen molar-refractivity contribution in [3.8, 4) is 0 Å². The van der Waals surface area contributed by atoms with E-state index in [9.17, 15) is 4.79 Å². The molecule has 0 radical (unpaired) electrons. The van der Waals surface area contributed by atoms with Gasteiger partial charge in [-0.2, -0.15) is 0 Å². The number of hydrogen-bond acceptors (Lipinski definition) is 1. The summed E-state index contributed by atoms with van der Waals surface area (Å²) in [6.45, 7) is 4.18. The van der Waals surface area contributed by atoms with Gasteiger partial charge in [0.05, 0.1) is 0 Å². The number of unbranched alkanes of at least 4 members (excludes halogenated alkanes) is 1. The van der Waals surface area contributed by atoms with Gasteiger partial charge in [-0.3, -0.25) is 4.79 Å². The molecular weight excluding hydrogens is 148 g/mol. The summed E-state index contributed by atoms with van der Waals surface area (Å²) >= 11 is 0. The number of rotatable bonds is 6. The Morgan fingerprint density at radius 3 is 2.50 bits per heavy atom. The lowest BCUT2D eigenvalue weighted by molar-refractivity contribution is -0.123. The Morgan fingerprint density at radius 1 is 1.42 bits per heavy atom. The summed E-state index contributed by atoms with van der Waals surface area (Å²) in [6, 6.07) is 0. The molecule has 1 saturated carbocycles. The molecule has 1 nitrogen and oxygen atoms in total. The van der Waals surface area contributed by atoms with Crippen molar-refractivity contribution in [1.29, 1.82) is 0 Å². The van der Waals surface area contributed by atoms with Crippen LogP contribution in [-0.2, 0) is 4.79 Å². The Bertz CT molecular complexity index is 147. The van der Waals surface area contributed by atoms with Crippen molar-refractivity contribution >= 4 is 5.78 Å². The largest absolute Gasteiger partial charge is 0.299 e. The zero-order valence-corrected chi connectivity index (χ0v) is 8.31. The molecule has 1 aliphatic rings. The predicted molar refractivity (Wildman–Crippen MR) is 51.0 cm³/mol. The van der Waals surface area contributed by atoms with Crippen LogP contribution in [0.3, 0.4) is 0 Å². The minimum Gasteiger partial charge on any atom is -0.299 e. The van der Waals surface area contributed by atoms with Crippen LogP contribution in [0.1, 0.15) is 52.4 Å². The predicted octanol–water partition coefficient (Wildman–Crippen LogP) is 3.18. The second-order valence-electron chi connectivity index (χ2n) is 3.91. The lowest BCUT2D eigenvalue weighted by Crippen LogP contribution is -2.15. The van der Waals surface area contributed by atoms with Crippen LogP contribution < -0.4 is 0 Å². The number of carbonyl (C=O) groups excluding carboxylic acids is 1. The van der Waals surface area contributed by atoms with Gasteiger partial charge in [-0.05, 0) is 25.2 Å². The van der Waals surface area contributed by atoms with Crippen molar-refractivity contribution in [3.63, 3.8) is 0 Å². The molecule has 0 N–H and O–H groups in total. The molecule has 1 rings (SSSR count). The van der Waals surface area contributed by atoms with Crippen LogP contribution in [0.15, 0.2) is 0 Å². The highest BCUT2D eigenvalue weighted by atomic mass is 16.1. The average Bonchev–Trinajstić information content (AvgIpc) is 2.88. The van der Waals surface area contributed by atoms with Crippen molar-refractivity contribution in [2.45, 2.75) is 52.4 Å². The fraction of sp³-hybridized carbons (Fsp3) is 0.909. The Hall–Kier alpha value is -0.330. The van der Waals surface area contributed by atoms with E-state index in [2.05, 4.69) is 6.92 Å². The van der Waals surface area contributed by atoms with Crippen LogP contribution in [0, 0.1) is 11.8 Å². The quantitative estimate of drug-likeness (QED) is 0.595. The topological polar surface area (TPSA) is 17.1 Å². The molecule has 0 amide bonds. The first-order valence-corrected chi connectivity index (χ1v) is 5.32. The van der Waals surface area contributed by atoms with E-state index >= 15 is 0 Å². The summed E-state index contributed by atoms with van der Waals surface area (Å²) in [4.78, 5) is 11.5. The van der Waals surface area contributed by atoms with Crippen molar-refractivity contribution in [2.24, 2.45) is 11.8 Å². The van der Waals surface area contributed by atoms with Gasteiger partial charge in [-0.15, -0.1) is 0 Å². The molecule has 1 aliphatic carbocycles. The Balaban J connectivity index is 2.32. The van der Waals surface area contributed by atoms with Gasteiger partial charge in [0.2, 0.25) is 0 Å². The van der Waals surface area contributed by atoms with Crippen molar-refractivity contribution in [1.82, 2.24) is 0 Å². The van der Waals surface area contributed by atoms with Crippen LogP contribution in [0.2, 0.25) is 0 Å². The van der Waals surface area contributed by atoms with Gasteiger partial charge in [0, 0.05) is 12.3 Å². The SMILES string of the molecule is CCCCC(C(=O)CC)C1CC1. The number of hydrogen-bond donors (Lipinski definition) is 0. The summed E-state index contributed by atoms with van der Waals surface area (Å²) < 4.78 is 0. The van der Waals surface area contributed by atoms with Crippen LogP contribution in [0.4, 0.5) is 0 Å². The molecule has 0 saturated heterocycles. The first-order valence-electron chi connectivity index (χ1n) is 5.32. The molecular formula is C11H20O. The molecule has 0 aromatic rings. The average molecular weight is 168 g/mol. The summed E-state index contributed by atoms with van der Waals surface area (Å²) in [5.41, 5.74) is 0. The molecule has 0 aromatic carbocycles. The fourth-order valence-electron chi connectivity index (χ4n) is 1.84. The van der Waals surface area contributed by atoms with E-state index in [1.54, 1.807) is 0 Å². The van der Waals surface area contributed by atoms with Gasteiger partial charge in [0.25, 0.3) is 0 Å². The molecule has 12 heavy (non-hydrogen) atoms. The first-order chi connectivity index (χ1) is 5.79. The van der Waals surface area contributed by atoms with E-state index in [0.717, 1.165) is 18.8 Å². The number of carbonyl (C=O) groups is 1. The molecule has 0 heterocycles. The van der Waals surface area contributed by atoms with Gasteiger partial charge < -0.3 is 0 Å². The summed E-state index contributed by atoms with van der Waals surface area (Å²) in [5.74, 6) is 1.70. The van der Waals surface area contributed by atoms with E-state index in [-0.39, 0.29) is 0 Å². The summed E-state index contributed by atoms with van der Waals surface area (Å²) in [7, 11) is 0. The van der Waals surface area contributed by atoms with Crippen molar-refractivity contribution < 1.29 is 4.79 Å². The third-order valence-electron chi connectivity index (χ3n) is 2.82. The van der Waals surface area contributed by atoms with Gasteiger partial charge >= 0.3 is 0 Å². The minimum atomic E-state index is 0.426. The van der Waals surface area contributed by atoms with E-state index < -0.39 is 0 Å². The molecule has 0 bridgehead atoms. The zero-order valence-electron chi connectivity index (χ0n) is 8.31. The molecule has 0 aliphatic heterocycles. The van der Waals surface area contributed by atoms with E-state index in [1.165, 1.54) is 25.7 Å². The smallest absolute Gasteiger partial charge is 0.135 e. The summed E-state index contributed by atoms with van der Waals surface area (Å²) in [6.07, 6.45) is 6.95. The highest BCUT2D eigenvalue weighted by Crippen LogP contribution is 2.40. The molecule has 0 spiro atoms. The van der Waals surface area contributed by atoms with Crippen LogP contribution in [0.25, 0.3) is 0 Å². The van der Waals surface area contributed by atoms with Gasteiger partial charge in [0.15, 0.2) is 0 Å². The van der Waals surface area contributed by atoms with Gasteiger partial charge in [0.1, 0.15) is 5.78 Å². The second-order valence-corrected chi connectivity index (χ2v) is 3.91. The maximum absolute atomic E-state index is 11.5. The van der Waals surface area contributed by atoms with Crippen LogP contribution >= 0.6 is 0 Å². The monoisotopic (exact) mass is 168 g/mol. The fourth-order valence-corrected chi connectivity index (χ4v) is 1.84. The summed E-state index contributed by atoms with van der Waals surface area (Å²) in [5, 5.41) is 0.